The maximum Gasteiger partial charge on any atom is 0.336 e. The van der Waals surface area contributed by atoms with E-state index in [0.29, 0.717) is 10.8 Å². The number of aromatic nitrogens is 3. The molecule has 0 spiro atoms. The van der Waals surface area contributed by atoms with Gasteiger partial charge in [-0.25, -0.2) is 4.68 Å². The second-order valence-corrected chi connectivity index (χ2v) is 6.66. The van der Waals surface area contributed by atoms with Crippen LogP contribution in [0.4, 0.5) is 0 Å². The highest BCUT2D eigenvalue weighted by molar-refractivity contribution is 9.09. The Bertz CT molecular complexity index is 595. The van der Waals surface area contributed by atoms with Gasteiger partial charge in [-0.1, -0.05) is 48.0 Å². The maximum absolute atomic E-state index is 6.05. The topological polar surface area (TPSA) is 39.9 Å². The molecule has 1 aliphatic carbocycles. The number of alkyl halides is 1. The highest BCUT2D eigenvalue weighted by atomic mass is 79.9. The zero-order valence-electron chi connectivity index (χ0n) is 12.4. The molecule has 21 heavy (non-hydrogen) atoms. The number of rotatable bonds is 5. The summed E-state index contributed by atoms with van der Waals surface area (Å²) in [5.74, 6) is 0. The monoisotopic (exact) mass is 349 g/mol. The van der Waals surface area contributed by atoms with E-state index in [2.05, 4.69) is 39.9 Å². The zero-order chi connectivity index (χ0) is 14.9. The van der Waals surface area contributed by atoms with E-state index < -0.39 is 0 Å². The van der Waals surface area contributed by atoms with Crippen molar-refractivity contribution in [2.45, 2.75) is 44.0 Å². The van der Waals surface area contributed by atoms with E-state index in [-0.39, 0.29) is 11.5 Å². The van der Waals surface area contributed by atoms with Crippen LogP contribution in [0.15, 0.2) is 36.7 Å². The summed E-state index contributed by atoms with van der Waals surface area (Å²) in [5, 5.41) is 4.43. The minimum Gasteiger partial charge on any atom is -0.458 e. The average Bonchev–Trinajstić information content (AvgIpc) is 2.98. The molecule has 2 unspecified atom stereocenters. The molecule has 1 aliphatic rings. The van der Waals surface area contributed by atoms with E-state index in [1.807, 2.05) is 30.3 Å². The van der Waals surface area contributed by atoms with E-state index >= 15 is 0 Å². The SMILES string of the molecule is CCC1(CC)C(Br)CC1Oc1ncn(-c2ccccc2)n1. The molecule has 0 N–H and O–H groups in total. The molecule has 3 rings (SSSR count). The lowest BCUT2D eigenvalue weighted by atomic mass is 9.62. The summed E-state index contributed by atoms with van der Waals surface area (Å²) in [6.45, 7) is 4.45. The molecule has 4 nitrogen and oxygen atoms in total. The van der Waals surface area contributed by atoms with Crippen molar-refractivity contribution < 1.29 is 4.74 Å². The molecule has 1 fully saturated rings. The lowest BCUT2D eigenvalue weighted by Crippen LogP contribution is -2.56. The Morgan fingerprint density at radius 1 is 1.29 bits per heavy atom. The Kier molecular flexibility index (Phi) is 4.02. The molecule has 0 amide bonds. The largest absolute Gasteiger partial charge is 0.458 e. The Hall–Kier alpha value is -1.36. The average molecular weight is 350 g/mol. The van der Waals surface area contributed by atoms with Gasteiger partial charge >= 0.3 is 6.01 Å². The summed E-state index contributed by atoms with van der Waals surface area (Å²) >= 11 is 3.77. The number of hydrogen-bond donors (Lipinski definition) is 0. The van der Waals surface area contributed by atoms with E-state index in [1.54, 1.807) is 11.0 Å². The summed E-state index contributed by atoms with van der Waals surface area (Å²) in [6.07, 6.45) is 5.12. The van der Waals surface area contributed by atoms with Crippen molar-refractivity contribution >= 4 is 15.9 Å². The summed E-state index contributed by atoms with van der Waals surface area (Å²) < 4.78 is 7.80. The molecule has 1 saturated carbocycles. The second-order valence-electron chi connectivity index (χ2n) is 5.56. The van der Waals surface area contributed by atoms with Gasteiger partial charge in [-0.3, -0.25) is 0 Å². The van der Waals surface area contributed by atoms with Crippen LogP contribution in [0.1, 0.15) is 33.1 Å². The third kappa shape index (κ3) is 2.48. The lowest BCUT2D eigenvalue weighted by Gasteiger charge is -2.52. The molecule has 0 saturated heterocycles. The van der Waals surface area contributed by atoms with Gasteiger partial charge in [0.1, 0.15) is 12.4 Å². The molecule has 0 aliphatic heterocycles. The Morgan fingerprint density at radius 2 is 2.00 bits per heavy atom. The number of benzene rings is 1. The quantitative estimate of drug-likeness (QED) is 0.766. The molecule has 0 radical (unpaired) electrons. The Morgan fingerprint density at radius 3 is 2.62 bits per heavy atom. The van der Waals surface area contributed by atoms with Crippen LogP contribution in [0.3, 0.4) is 0 Å². The van der Waals surface area contributed by atoms with Crippen LogP contribution in [0.2, 0.25) is 0 Å². The van der Waals surface area contributed by atoms with Gasteiger partial charge in [0.15, 0.2) is 0 Å². The van der Waals surface area contributed by atoms with Crippen molar-refractivity contribution in [1.82, 2.24) is 14.8 Å². The van der Waals surface area contributed by atoms with Gasteiger partial charge in [-0.15, -0.1) is 5.10 Å². The summed E-state index contributed by atoms with van der Waals surface area (Å²) in [6, 6.07) is 10.4. The van der Waals surface area contributed by atoms with Crippen LogP contribution in [0.25, 0.3) is 5.69 Å². The standard InChI is InChI=1S/C16H20BrN3O/c1-3-16(4-2)13(17)10-14(16)21-15-18-11-20(19-15)12-8-6-5-7-9-12/h5-9,11,13-14H,3-4,10H2,1-2H3. The van der Waals surface area contributed by atoms with Gasteiger partial charge in [-0.05, 0) is 31.4 Å². The summed E-state index contributed by atoms with van der Waals surface area (Å²) in [7, 11) is 0. The minimum atomic E-state index is 0.198. The van der Waals surface area contributed by atoms with Crippen LogP contribution in [0.5, 0.6) is 6.01 Å². The van der Waals surface area contributed by atoms with E-state index in [4.69, 9.17) is 4.74 Å². The number of ether oxygens (including phenoxy) is 1. The summed E-state index contributed by atoms with van der Waals surface area (Å²) in [4.78, 5) is 4.82. The minimum absolute atomic E-state index is 0.198. The van der Waals surface area contributed by atoms with Crippen LogP contribution in [-0.2, 0) is 0 Å². The van der Waals surface area contributed by atoms with Gasteiger partial charge in [0.25, 0.3) is 0 Å². The highest BCUT2D eigenvalue weighted by Gasteiger charge is 2.53. The number of nitrogens with zero attached hydrogens (tertiary/aromatic N) is 3. The first-order valence-electron chi connectivity index (χ1n) is 7.47. The van der Waals surface area contributed by atoms with Crippen LogP contribution in [0, 0.1) is 5.41 Å². The fraction of sp³-hybridized carbons (Fsp3) is 0.500. The third-order valence-electron chi connectivity index (χ3n) is 4.74. The van der Waals surface area contributed by atoms with Crippen LogP contribution >= 0.6 is 15.9 Å². The predicted octanol–water partition coefficient (Wildman–Crippen LogP) is 3.99. The molecule has 1 heterocycles. The number of hydrogen-bond acceptors (Lipinski definition) is 3. The Labute approximate surface area is 133 Å². The Balaban J connectivity index is 1.74. The van der Waals surface area contributed by atoms with E-state index in [9.17, 15) is 0 Å². The van der Waals surface area contributed by atoms with E-state index in [0.717, 1.165) is 24.9 Å². The van der Waals surface area contributed by atoms with Crippen molar-refractivity contribution in [1.29, 1.82) is 0 Å². The molecule has 1 aromatic heterocycles. The fourth-order valence-electron chi connectivity index (χ4n) is 3.15. The molecular weight excluding hydrogens is 330 g/mol. The lowest BCUT2D eigenvalue weighted by molar-refractivity contribution is -0.0461. The van der Waals surface area contributed by atoms with Gasteiger partial charge < -0.3 is 4.74 Å². The molecule has 2 aromatic rings. The van der Waals surface area contributed by atoms with Crippen molar-refractivity contribution in [3.63, 3.8) is 0 Å². The normalized spacial score (nSPS) is 23.6. The smallest absolute Gasteiger partial charge is 0.336 e. The van der Waals surface area contributed by atoms with E-state index in [1.165, 1.54) is 0 Å². The summed E-state index contributed by atoms with van der Waals surface area (Å²) in [5.41, 5.74) is 1.20. The van der Waals surface area contributed by atoms with Gasteiger partial charge in [0, 0.05) is 10.2 Å². The third-order valence-corrected chi connectivity index (χ3v) is 6.03. The van der Waals surface area contributed by atoms with Crippen molar-refractivity contribution in [3.8, 4) is 11.7 Å². The maximum atomic E-state index is 6.05. The van der Waals surface area contributed by atoms with Crippen molar-refractivity contribution in [2.24, 2.45) is 5.41 Å². The second kappa shape index (κ2) is 5.79. The predicted molar refractivity (Wildman–Crippen MR) is 86.1 cm³/mol. The first-order valence-corrected chi connectivity index (χ1v) is 8.39. The fourth-order valence-corrected chi connectivity index (χ4v) is 4.43. The number of para-hydroxylation sites is 1. The molecule has 2 atom stereocenters. The molecule has 0 bridgehead atoms. The zero-order valence-corrected chi connectivity index (χ0v) is 14.0. The van der Waals surface area contributed by atoms with Gasteiger partial charge in [0.2, 0.25) is 0 Å². The molecule has 112 valence electrons. The first kappa shape index (κ1) is 14.6. The van der Waals surface area contributed by atoms with Crippen molar-refractivity contribution in [2.75, 3.05) is 0 Å². The molecule has 1 aromatic carbocycles. The van der Waals surface area contributed by atoms with Crippen molar-refractivity contribution in [3.05, 3.63) is 36.7 Å². The first-order chi connectivity index (χ1) is 10.2. The van der Waals surface area contributed by atoms with Crippen LogP contribution < -0.4 is 4.74 Å². The number of halogens is 1. The van der Waals surface area contributed by atoms with Crippen LogP contribution in [-0.4, -0.2) is 25.7 Å². The molecule has 5 heteroatoms. The highest BCUT2D eigenvalue weighted by Crippen LogP contribution is 2.52. The van der Waals surface area contributed by atoms with Gasteiger partial charge in [0.05, 0.1) is 5.69 Å². The molecular formula is C16H20BrN3O. The van der Waals surface area contributed by atoms with Gasteiger partial charge in [-0.2, -0.15) is 4.98 Å².